The normalized spacial score (nSPS) is 11.3. The predicted octanol–water partition coefficient (Wildman–Crippen LogP) is 4.24. The van der Waals surface area contributed by atoms with E-state index in [4.69, 9.17) is 10.5 Å². The fraction of sp³-hybridized carbons (Fsp3) is 0.0769. The molecule has 0 radical (unpaired) electrons. The van der Waals surface area contributed by atoms with Gasteiger partial charge in [-0.2, -0.15) is 0 Å². The highest BCUT2D eigenvalue weighted by molar-refractivity contribution is 5.45. The van der Waals surface area contributed by atoms with Gasteiger partial charge in [0.1, 0.15) is 11.5 Å². The van der Waals surface area contributed by atoms with Crippen LogP contribution in [-0.4, -0.2) is 6.36 Å². The third-order valence-corrected chi connectivity index (χ3v) is 2.30. The molecule has 0 bridgehead atoms. The topological polar surface area (TPSA) is 44.5 Å². The van der Waals surface area contributed by atoms with Gasteiger partial charge in [0.2, 0.25) is 0 Å². The summed E-state index contributed by atoms with van der Waals surface area (Å²) in [5, 5.41) is 0. The van der Waals surface area contributed by atoms with Crippen molar-refractivity contribution < 1.29 is 31.4 Å². The highest BCUT2D eigenvalue weighted by Crippen LogP contribution is 2.31. The number of ether oxygens (including phenoxy) is 2. The summed E-state index contributed by atoms with van der Waals surface area (Å²) in [6, 6.07) is 5.79. The fourth-order valence-corrected chi connectivity index (χ4v) is 1.50. The predicted molar refractivity (Wildman–Crippen MR) is 64.0 cm³/mol. The first-order valence-electron chi connectivity index (χ1n) is 5.53. The molecule has 112 valence electrons. The molecule has 0 aliphatic heterocycles. The van der Waals surface area contributed by atoms with Crippen LogP contribution in [0.5, 0.6) is 17.2 Å². The maximum absolute atomic E-state index is 13.5. The zero-order valence-electron chi connectivity index (χ0n) is 10.2. The van der Waals surface area contributed by atoms with Crippen molar-refractivity contribution in [3.05, 3.63) is 48.0 Å². The van der Waals surface area contributed by atoms with Gasteiger partial charge in [-0.3, -0.25) is 0 Å². The SMILES string of the molecule is Nc1cc(F)c(Oc2ccc(OC(F)(F)F)cc2)c(F)c1. The number of halogens is 5. The highest BCUT2D eigenvalue weighted by atomic mass is 19.4. The molecule has 3 nitrogen and oxygen atoms in total. The Kier molecular flexibility index (Phi) is 3.88. The number of nitrogens with two attached hydrogens (primary N) is 1. The Morgan fingerprint density at radius 3 is 1.81 bits per heavy atom. The monoisotopic (exact) mass is 305 g/mol. The summed E-state index contributed by atoms with van der Waals surface area (Å²) in [5.41, 5.74) is 5.12. The summed E-state index contributed by atoms with van der Waals surface area (Å²) in [6.07, 6.45) is -4.82. The minimum Gasteiger partial charge on any atom is -0.451 e. The second-order valence-corrected chi connectivity index (χ2v) is 3.93. The van der Waals surface area contributed by atoms with Crippen molar-refractivity contribution in [3.63, 3.8) is 0 Å². The standard InChI is InChI=1S/C13H8F5NO2/c14-10-5-7(19)6-11(15)12(10)20-8-1-3-9(4-2-8)21-13(16,17)18/h1-6H,19H2. The molecular formula is C13H8F5NO2. The summed E-state index contributed by atoms with van der Waals surface area (Å²) in [7, 11) is 0. The van der Waals surface area contributed by atoms with E-state index in [0.29, 0.717) is 0 Å². The Labute approximate surface area is 115 Å². The molecule has 0 aliphatic carbocycles. The van der Waals surface area contributed by atoms with Gasteiger partial charge in [0.25, 0.3) is 0 Å². The van der Waals surface area contributed by atoms with Crippen LogP contribution in [0.25, 0.3) is 0 Å². The largest absolute Gasteiger partial charge is 0.573 e. The molecule has 8 heteroatoms. The third-order valence-electron chi connectivity index (χ3n) is 2.30. The lowest BCUT2D eigenvalue weighted by Gasteiger charge is -2.11. The van der Waals surface area contributed by atoms with Crippen molar-refractivity contribution in [2.24, 2.45) is 0 Å². The number of hydrogen-bond donors (Lipinski definition) is 1. The second kappa shape index (κ2) is 5.47. The molecule has 0 aliphatic rings. The van der Waals surface area contributed by atoms with Crippen LogP contribution in [0.2, 0.25) is 0 Å². The van der Waals surface area contributed by atoms with Crippen molar-refractivity contribution >= 4 is 5.69 Å². The molecule has 0 heterocycles. The van der Waals surface area contributed by atoms with Gasteiger partial charge in [0.05, 0.1) is 0 Å². The zero-order valence-corrected chi connectivity index (χ0v) is 10.2. The third kappa shape index (κ3) is 3.98. The summed E-state index contributed by atoms with van der Waals surface area (Å²) in [4.78, 5) is 0. The number of hydrogen-bond acceptors (Lipinski definition) is 3. The number of alkyl halides is 3. The van der Waals surface area contributed by atoms with Gasteiger partial charge >= 0.3 is 6.36 Å². The van der Waals surface area contributed by atoms with Crippen molar-refractivity contribution in [2.45, 2.75) is 6.36 Å². The van der Waals surface area contributed by atoms with Gasteiger partial charge in [-0.15, -0.1) is 13.2 Å². The Bertz CT molecular complexity index is 617. The van der Waals surface area contributed by atoms with Crippen molar-refractivity contribution in [1.82, 2.24) is 0 Å². The smallest absolute Gasteiger partial charge is 0.451 e. The Balaban J connectivity index is 2.18. The molecule has 0 amide bonds. The number of nitrogen functional groups attached to an aromatic ring is 1. The first-order chi connectivity index (χ1) is 9.74. The van der Waals surface area contributed by atoms with E-state index in [1.54, 1.807) is 0 Å². The summed E-state index contributed by atoms with van der Waals surface area (Å²) in [6.45, 7) is 0. The van der Waals surface area contributed by atoms with E-state index in [-0.39, 0.29) is 11.4 Å². The summed E-state index contributed by atoms with van der Waals surface area (Å²) in [5.74, 6) is -3.29. The van der Waals surface area contributed by atoms with Gasteiger partial charge in [0.15, 0.2) is 17.4 Å². The summed E-state index contributed by atoms with van der Waals surface area (Å²) >= 11 is 0. The molecule has 0 atom stereocenters. The van der Waals surface area contributed by atoms with E-state index < -0.39 is 29.5 Å². The average Bonchev–Trinajstić information content (AvgIpc) is 2.34. The van der Waals surface area contributed by atoms with Gasteiger partial charge in [0, 0.05) is 17.8 Å². The summed E-state index contributed by atoms with van der Waals surface area (Å²) < 4.78 is 71.5. The maximum Gasteiger partial charge on any atom is 0.573 e. The molecule has 0 fully saturated rings. The fourth-order valence-electron chi connectivity index (χ4n) is 1.50. The number of benzene rings is 2. The van der Waals surface area contributed by atoms with E-state index in [1.165, 1.54) is 0 Å². The minimum atomic E-state index is -4.82. The molecule has 0 spiro atoms. The van der Waals surface area contributed by atoms with Crippen molar-refractivity contribution in [1.29, 1.82) is 0 Å². The number of rotatable bonds is 3. The van der Waals surface area contributed by atoms with Crippen molar-refractivity contribution in [2.75, 3.05) is 5.73 Å². The Morgan fingerprint density at radius 2 is 1.33 bits per heavy atom. The average molecular weight is 305 g/mol. The highest BCUT2D eigenvalue weighted by Gasteiger charge is 2.31. The molecule has 2 aromatic rings. The van der Waals surface area contributed by atoms with Gasteiger partial charge in [-0.1, -0.05) is 0 Å². The lowest BCUT2D eigenvalue weighted by molar-refractivity contribution is -0.274. The molecular weight excluding hydrogens is 297 g/mol. The molecule has 21 heavy (non-hydrogen) atoms. The number of anilines is 1. The van der Waals surface area contributed by atoms with Crippen LogP contribution < -0.4 is 15.2 Å². The van der Waals surface area contributed by atoms with E-state index >= 15 is 0 Å². The molecule has 2 aromatic carbocycles. The van der Waals surface area contributed by atoms with Crippen LogP contribution in [-0.2, 0) is 0 Å². The van der Waals surface area contributed by atoms with Crippen LogP contribution in [0.4, 0.5) is 27.6 Å². The molecule has 0 aromatic heterocycles. The van der Waals surface area contributed by atoms with E-state index in [0.717, 1.165) is 36.4 Å². The van der Waals surface area contributed by atoms with Gasteiger partial charge in [-0.05, 0) is 24.3 Å². The Hall–Kier alpha value is -2.51. The van der Waals surface area contributed by atoms with Crippen LogP contribution >= 0.6 is 0 Å². The molecule has 2 N–H and O–H groups in total. The minimum absolute atomic E-state index is 0.0629. The Morgan fingerprint density at radius 1 is 0.857 bits per heavy atom. The molecule has 0 unspecified atom stereocenters. The first kappa shape index (κ1) is 14.9. The van der Waals surface area contributed by atoms with Crippen LogP contribution in [0.1, 0.15) is 0 Å². The lowest BCUT2D eigenvalue weighted by Crippen LogP contribution is -2.16. The van der Waals surface area contributed by atoms with Crippen LogP contribution in [0.15, 0.2) is 36.4 Å². The first-order valence-corrected chi connectivity index (χ1v) is 5.53. The molecule has 2 rings (SSSR count). The maximum atomic E-state index is 13.5. The second-order valence-electron chi connectivity index (χ2n) is 3.93. The van der Waals surface area contributed by atoms with E-state index in [9.17, 15) is 22.0 Å². The lowest BCUT2D eigenvalue weighted by atomic mass is 10.2. The van der Waals surface area contributed by atoms with Crippen LogP contribution in [0, 0.1) is 11.6 Å². The zero-order chi connectivity index (χ0) is 15.6. The van der Waals surface area contributed by atoms with Gasteiger partial charge < -0.3 is 15.2 Å². The molecule has 0 saturated carbocycles. The van der Waals surface area contributed by atoms with Crippen molar-refractivity contribution in [3.8, 4) is 17.2 Å². The molecule has 0 saturated heterocycles. The van der Waals surface area contributed by atoms with E-state index in [2.05, 4.69) is 4.74 Å². The van der Waals surface area contributed by atoms with Crippen LogP contribution in [0.3, 0.4) is 0 Å². The quantitative estimate of drug-likeness (QED) is 0.681. The van der Waals surface area contributed by atoms with Gasteiger partial charge in [-0.25, -0.2) is 8.78 Å². The van der Waals surface area contributed by atoms with E-state index in [1.807, 2.05) is 0 Å².